The van der Waals surface area contributed by atoms with Crippen LogP contribution in [0.2, 0.25) is 5.02 Å². The number of halogens is 1. The van der Waals surface area contributed by atoms with Crippen LogP contribution >= 0.6 is 11.6 Å². The number of nitrogens with zero attached hydrogens (tertiary/aromatic N) is 1. The predicted octanol–water partition coefficient (Wildman–Crippen LogP) is 6.17. The molecule has 0 saturated heterocycles. The van der Waals surface area contributed by atoms with E-state index in [1.165, 1.54) is 0 Å². The molecular formula is C30H33ClN2O5. The molecule has 1 aliphatic rings. The van der Waals surface area contributed by atoms with Crippen molar-refractivity contribution in [3.63, 3.8) is 0 Å². The van der Waals surface area contributed by atoms with Gasteiger partial charge in [-0.1, -0.05) is 67.4 Å². The lowest BCUT2D eigenvalue weighted by molar-refractivity contribution is -0.127. The molecule has 200 valence electrons. The van der Waals surface area contributed by atoms with Crippen LogP contribution in [0.4, 0.5) is 10.5 Å². The Kier molecular flexibility index (Phi) is 9.87. The molecule has 1 N–H and O–H groups in total. The van der Waals surface area contributed by atoms with Gasteiger partial charge in [-0.15, -0.1) is 0 Å². The van der Waals surface area contributed by atoms with Crippen LogP contribution in [0.15, 0.2) is 72.8 Å². The molecule has 1 aliphatic heterocycles. The van der Waals surface area contributed by atoms with E-state index in [0.717, 1.165) is 29.7 Å². The molecule has 0 saturated carbocycles. The van der Waals surface area contributed by atoms with Crippen molar-refractivity contribution in [2.45, 2.75) is 45.3 Å². The van der Waals surface area contributed by atoms with E-state index in [-0.39, 0.29) is 12.0 Å². The average Bonchev–Trinajstić information content (AvgIpc) is 2.93. The number of ether oxygens (including phenoxy) is 3. The van der Waals surface area contributed by atoms with Gasteiger partial charge in [-0.05, 0) is 54.3 Å². The van der Waals surface area contributed by atoms with Gasteiger partial charge in [-0.2, -0.15) is 0 Å². The fourth-order valence-corrected chi connectivity index (χ4v) is 4.32. The first-order chi connectivity index (χ1) is 18.5. The van der Waals surface area contributed by atoms with E-state index in [2.05, 4.69) is 5.32 Å². The Morgan fingerprint density at radius 1 is 1.03 bits per heavy atom. The summed E-state index contributed by atoms with van der Waals surface area (Å²) in [5.74, 6) is 1.25. The van der Waals surface area contributed by atoms with Gasteiger partial charge in [0, 0.05) is 18.0 Å². The molecule has 8 heteroatoms. The number of carbonyl (C=O) groups is 2. The molecule has 0 bridgehead atoms. The molecule has 3 aromatic rings. The summed E-state index contributed by atoms with van der Waals surface area (Å²) < 4.78 is 17.0. The van der Waals surface area contributed by atoms with Gasteiger partial charge in [0.25, 0.3) is 5.91 Å². The normalized spacial score (nSPS) is 14.4. The molecular weight excluding hydrogens is 504 g/mol. The van der Waals surface area contributed by atoms with Crippen molar-refractivity contribution < 1.29 is 23.8 Å². The highest BCUT2D eigenvalue weighted by Gasteiger charge is 2.34. The molecule has 3 aromatic carbocycles. The van der Waals surface area contributed by atoms with Crippen LogP contribution in [0, 0.1) is 0 Å². The highest BCUT2D eigenvalue weighted by atomic mass is 35.5. The third-order valence-electron chi connectivity index (χ3n) is 6.24. The van der Waals surface area contributed by atoms with E-state index >= 15 is 0 Å². The zero-order chi connectivity index (χ0) is 26.7. The first-order valence-electron chi connectivity index (χ1n) is 13.0. The lowest BCUT2D eigenvalue weighted by Gasteiger charge is -2.34. The minimum absolute atomic E-state index is 0.122. The highest BCUT2D eigenvalue weighted by Crippen LogP contribution is 2.36. The van der Waals surface area contributed by atoms with Gasteiger partial charge in [-0.3, -0.25) is 4.79 Å². The predicted molar refractivity (Wildman–Crippen MR) is 148 cm³/mol. The maximum absolute atomic E-state index is 13.4. The van der Waals surface area contributed by atoms with Crippen LogP contribution in [0.3, 0.4) is 0 Å². The lowest BCUT2D eigenvalue weighted by atomic mass is 10.1. The minimum Gasteiger partial charge on any atom is -0.493 e. The molecule has 0 aromatic heterocycles. The second kappa shape index (κ2) is 13.7. The summed E-state index contributed by atoms with van der Waals surface area (Å²) in [6, 6.07) is 22.7. The van der Waals surface area contributed by atoms with Gasteiger partial charge in [0.15, 0.2) is 6.10 Å². The maximum Gasteiger partial charge on any atom is 0.407 e. The number of hydrogen-bond donors (Lipinski definition) is 1. The van der Waals surface area contributed by atoms with Gasteiger partial charge >= 0.3 is 6.09 Å². The third kappa shape index (κ3) is 7.42. The lowest BCUT2D eigenvalue weighted by Crippen LogP contribution is -2.46. The molecule has 7 nitrogen and oxygen atoms in total. The fourth-order valence-electron chi connectivity index (χ4n) is 4.12. The Balaban J connectivity index is 1.28. The number of fused-ring (bicyclic) bond motifs is 1. The number of alkyl carbamates (subject to hydrolysis) is 1. The largest absolute Gasteiger partial charge is 0.493 e. The van der Waals surface area contributed by atoms with Crippen molar-refractivity contribution in [2.75, 3.05) is 24.7 Å². The van der Waals surface area contributed by atoms with Gasteiger partial charge < -0.3 is 24.4 Å². The van der Waals surface area contributed by atoms with Gasteiger partial charge in [0.1, 0.15) is 11.5 Å². The molecule has 0 radical (unpaired) electrons. The Morgan fingerprint density at radius 2 is 1.79 bits per heavy atom. The summed E-state index contributed by atoms with van der Waals surface area (Å²) in [5.41, 5.74) is 2.68. The molecule has 1 atom stereocenters. The number of amides is 2. The van der Waals surface area contributed by atoms with Crippen molar-refractivity contribution in [1.82, 2.24) is 5.32 Å². The molecule has 4 rings (SSSR count). The Hall–Kier alpha value is -3.71. The zero-order valence-corrected chi connectivity index (χ0v) is 22.3. The number of rotatable bonds is 12. The monoisotopic (exact) mass is 536 g/mol. The van der Waals surface area contributed by atoms with Crippen molar-refractivity contribution in [2.24, 2.45) is 0 Å². The Labute approximate surface area is 228 Å². The van der Waals surface area contributed by atoms with Gasteiger partial charge in [0.2, 0.25) is 0 Å². The summed E-state index contributed by atoms with van der Waals surface area (Å²) in [6.07, 6.45) is 1.90. The van der Waals surface area contributed by atoms with E-state index in [1.54, 1.807) is 4.90 Å². The van der Waals surface area contributed by atoms with E-state index in [1.807, 2.05) is 79.7 Å². The SMILES string of the molecule is CCCCOC(=O)NCCc1ccc(OCCC2Oc3ccccc3N(Cc3ccccc3Cl)C2=O)cc1. The van der Waals surface area contributed by atoms with Gasteiger partial charge in [-0.25, -0.2) is 4.79 Å². The van der Waals surface area contributed by atoms with Crippen LogP contribution in [0.5, 0.6) is 11.5 Å². The number of hydrogen-bond acceptors (Lipinski definition) is 5. The maximum atomic E-state index is 13.4. The highest BCUT2D eigenvalue weighted by molar-refractivity contribution is 6.31. The molecule has 2 amide bonds. The average molecular weight is 537 g/mol. The van der Waals surface area contributed by atoms with E-state index in [0.29, 0.717) is 55.7 Å². The number of carbonyl (C=O) groups excluding carboxylic acids is 2. The second-order valence-corrected chi connectivity index (χ2v) is 9.44. The third-order valence-corrected chi connectivity index (χ3v) is 6.61. The molecule has 1 heterocycles. The summed E-state index contributed by atoms with van der Waals surface area (Å²) in [7, 11) is 0. The number of anilines is 1. The van der Waals surface area contributed by atoms with Gasteiger partial charge in [0.05, 0.1) is 25.4 Å². The number of nitrogens with one attached hydrogen (secondary N) is 1. The molecule has 0 spiro atoms. The zero-order valence-electron chi connectivity index (χ0n) is 21.5. The van der Waals surface area contributed by atoms with Crippen LogP contribution < -0.4 is 19.7 Å². The first-order valence-corrected chi connectivity index (χ1v) is 13.4. The summed E-state index contributed by atoms with van der Waals surface area (Å²) in [6.45, 7) is 3.68. The van der Waals surface area contributed by atoms with E-state index in [4.69, 9.17) is 25.8 Å². The number of para-hydroxylation sites is 2. The Morgan fingerprint density at radius 3 is 2.58 bits per heavy atom. The van der Waals surface area contributed by atoms with Crippen LogP contribution in [0.25, 0.3) is 0 Å². The van der Waals surface area contributed by atoms with Crippen molar-refractivity contribution in [3.8, 4) is 11.5 Å². The molecule has 38 heavy (non-hydrogen) atoms. The quantitative estimate of drug-likeness (QED) is 0.280. The minimum atomic E-state index is -0.658. The van der Waals surface area contributed by atoms with Crippen LogP contribution in [0.1, 0.15) is 37.3 Å². The van der Waals surface area contributed by atoms with Crippen molar-refractivity contribution in [3.05, 3.63) is 88.9 Å². The smallest absolute Gasteiger partial charge is 0.407 e. The first kappa shape index (κ1) is 27.3. The standard InChI is InChI=1S/C30H33ClN2O5/c1-2-3-19-37-30(35)32-18-16-22-12-14-24(15-13-22)36-20-17-28-29(34)33(21-23-8-4-5-9-25(23)31)26-10-6-7-11-27(26)38-28/h4-15,28H,2-3,16-21H2,1H3,(H,32,35). The second-order valence-electron chi connectivity index (χ2n) is 9.04. The topological polar surface area (TPSA) is 77.1 Å². The summed E-state index contributed by atoms with van der Waals surface area (Å²) >= 11 is 6.37. The van der Waals surface area contributed by atoms with Crippen molar-refractivity contribution >= 4 is 29.3 Å². The summed E-state index contributed by atoms with van der Waals surface area (Å²) in [4.78, 5) is 26.7. The fraction of sp³-hybridized carbons (Fsp3) is 0.333. The van der Waals surface area contributed by atoms with Crippen molar-refractivity contribution in [1.29, 1.82) is 0 Å². The number of unbranched alkanes of at least 4 members (excludes halogenated alkanes) is 1. The van der Waals surface area contributed by atoms with Crippen LogP contribution in [-0.4, -0.2) is 37.9 Å². The number of benzene rings is 3. The summed E-state index contributed by atoms with van der Waals surface area (Å²) in [5, 5.41) is 3.38. The Bertz CT molecular complexity index is 1220. The molecule has 0 fully saturated rings. The van der Waals surface area contributed by atoms with E-state index in [9.17, 15) is 9.59 Å². The van der Waals surface area contributed by atoms with E-state index < -0.39 is 6.10 Å². The van der Waals surface area contributed by atoms with Crippen LogP contribution in [-0.2, 0) is 22.5 Å². The molecule has 0 aliphatic carbocycles. The molecule has 1 unspecified atom stereocenters.